The number of tetrazole rings is 1. The van der Waals surface area contributed by atoms with E-state index in [0.717, 1.165) is 47.0 Å². The third kappa shape index (κ3) is 4.67. The molecule has 1 saturated heterocycles. The summed E-state index contributed by atoms with van der Waals surface area (Å²) in [6, 6.07) is 25.7. The molecule has 0 spiro atoms. The van der Waals surface area contributed by atoms with Crippen molar-refractivity contribution in [2.75, 3.05) is 33.3 Å². The van der Waals surface area contributed by atoms with Gasteiger partial charge in [0, 0.05) is 31.7 Å². The topological polar surface area (TPSA) is 76.4 Å². The molecule has 0 radical (unpaired) electrons. The molecule has 1 aliphatic heterocycles. The first kappa shape index (κ1) is 21.8. The molecule has 0 unspecified atom stereocenters. The van der Waals surface area contributed by atoms with E-state index in [1.165, 1.54) is 0 Å². The molecule has 3 aromatic carbocycles. The average molecular weight is 455 g/mol. The summed E-state index contributed by atoms with van der Waals surface area (Å²) in [5, 5.41) is 12.2. The lowest BCUT2D eigenvalue weighted by atomic mass is 10.0. The second kappa shape index (κ2) is 9.84. The van der Waals surface area contributed by atoms with Gasteiger partial charge in [-0.1, -0.05) is 42.5 Å². The zero-order valence-electron chi connectivity index (χ0n) is 19.0. The van der Waals surface area contributed by atoms with Crippen LogP contribution in [-0.2, 0) is 6.54 Å². The van der Waals surface area contributed by atoms with Crippen molar-refractivity contribution in [3.8, 4) is 22.6 Å². The molecule has 4 aromatic rings. The van der Waals surface area contributed by atoms with Crippen LogP contribution in [0.3, 0.4) is 0 Å². The molecule has 1 amide bonds. The van der Waals surface area contributed by atoms with Crippen molar-refractivity contribution in [1.29, 1.82) is 0 Å². The van der Waals surface area contributed by atoms with Crippen LogP contribution in [0, 0.1) is 0 Å². The van der Waals surface area contributed by atoms with E-state index in [1.54, 1.807) is 11.8 Å². The number of ether oxygens (including phenoxy) is 1. The highest BCUT2D eigenvalue weighted by atomic mass is 16.5. The van der Waals surface area contributed by atoms with E-state index in [0.29, 0.717) is 19.6 Å². The molecule has 0 bridgehead atoms. The fraction of sp³-hybridized carbons (Fsp3) is 0.231. The first-order chi connectivity index (χ1) is 16.7. The van der Waals surface area contributed by atoms with E-state index >= 15 is 0 Å². The molecule has 0 saturated carbocycles. The van der Waals surface area contributed by atoms with Crippen molar-refractivity contribution in [3.63, 3.8) is 0 Å². The highest BCUT2D eigenvalue weighted by molar-refractivity contribution is 5.94. The first-order valence-corrected chi connectivity index (χ1v) is 11.3. The van der Waals surface area contributed by atoms with Gasteiger partial charge in [0.25, 0.3) is 5.91 Å². The number of rotatable bonds is 6. The summed E-state index contributed by atoms with van der Waals surface area (Å²) >= 11 is 0. The summed E-state index contributed by atoms with van der Waals surface area (Å²) in [5.41, 5.74) is 3.86. The fourth-order valence-electron chi connectivity index (χ4n) is 4.16. The predicted molar refractivity (Wildman–Crippen MR) is 129 cm³/mol. The highest BCUT2D eigenvalue weighted by Gasteiger charge is 2.23. The predicted octanol–water partition coefficient (Wildman–Crippen LogP) is 3.30. The molecule has 8 nitrogen and oxygen atoms in total. The van der Waals surface area contributed by atoms with Crippen LogP contribution in [0.1, 0.15) is 16.2 Å². The minimum Gasteiger partial charge on any atom is -0.497 e. The van der Waals surface area contributed by atoms with Gasteiger partial charge in [0.05, 0.1) is 19.3 Å². The Kier molecular flexibility index (Phi) is 6.31. The summed E-state index contributed by atoms with van der Waals surface area (Å²) in [6.07, 6.45) is 0. The van der Waals surface area contributed by atoms with Crippen molar-refractivity contribution in [3.05, 3.63) is 90.3 Å². The summed E-state index contributed by atoms with van der Waals surface area (Å²) in [5.74, 6) is 1.62. The Morgan fingerprint density at radius 2 is 1.53 bits per heavy atom. The van der Waals surface area contributed by atoms with Crippen LogP contribution in [0.25, 0.3) is 16.8 Å². The number of hydrogen-bond donors (Lipinski definition) is 0. The van der Waals surface area contributed by atoms with Crippen LogP contribution >= 0.6 is 0 Å². The molecular weight excluding hydrogens is 428 g/mol. The van der Waals surface area contributed by atoms with Crippen molar-refractivity contribution in [1.82, 2.24) is 30.0 Å². The molecule has 1 fully saturated rings. The maximum absolute atomic E-state index is 13.0. The average Bonchev–Trinajstić information content (AvgIpc) is 3.37. The van der Waals surface area contributed by atoms with Crippen molar-refractivity contribution in [2.24, 2.45) is 0 Å². The molecule has 1 aromatic heterocycles. The molecule has 34 heavy (non-hydrogen) atoms. The lowest BCUT2D eigenvalue weighted by Crippen LogP contribution is -2.48. The van der Waals surface area contributed by atoms with Crippen molar-refractivity contribution in [2.45, 2.75) is 6.54 Å². The Hall–Kier alpha value is -4.04. The molecule has 0 atom stereocenters. The van der Waals surface area contributed by atoms with E-state index < -0.39 is 0 Å². The van der Waals surface area contributed by atoms with Crippen LogP contribution in [-0.4, -0.2) is 69.2 Å². The zero-order chi connectivity index (χ0) is 23.3. The Balaban J connectivity index is 1.19. The van der Waals surface area contributed by atoms with Gasteiger partial charge >= 0.3 is 0 Å². The summed E-state index contributed by atoms with van der Waals surface area (Å²) < 4.78 is 6.97. The second-order valence-electron chi connectivity index (χ2n) is 8.22. The van der Waals surface area contributed by atoms with E-state index in [-0.39, 0.29) is 5.91 Å². The number of nitrogens with zero attached hydrogens (tertiary/aromatic N) is 6. The van der Waals surface area contributed by atoms with E-state index in [9.17, 15) is 4.79 Å². The van der Waals surface area contributed by atoms with Crippen LogP contribution in [0.5, 0.6) is 5.75 Å². The number of amides is 1. The number of benzene rings is 3. The number of carbonyl (C=O) groups is 1. The molecule has 8 heteroatoms. The summed E-state index contributed by atoms with van der Waals surface area (Å²) in [6.45, 7) is 3.49. The van der Waals surface area contributed by atoms with Gasteiger partial charge in [-0.25, -0.2) is 0 Å². The van der Waals surface area contributed by atoms with Gasteiger partial charge in [0.2, 0.25) is 0 Å². The zero-order valence-corrected chi connectivity index (χ0v) is 19.0. The van der Waals surface area contributed by atoms with Crippen molar-refractivity contribution >= 4 is 5.91 Å². The second-order valence-corrected chi connectivity index (χ2v) is 8.22. The Morgan fingerprint density at radius 3 is 2.21 bits per heavy atom. The number of hydrogen-bond acceptors (Lipinski definition) is 6. The van der Waals surface area contributed by atoms with E-state index in [2.05, 4.69) is 32.6 Å². The number of aromatic nitrogens is 4. The van der Waals surface area contributed by atoms with E-state index in [1.807, 2.05) is 71.6 Å². The smallest absolute Gasteiger partial charge is 0.253 e. The Morgan fingerprint density at radius 1 is 0.853 bits per heavy atom. The third-order valence-corrected chi connectivity index (χ3v) is 6.11. The van der Waals surface area contributed by atoms with Crippen LogP contribution in [0.2, 0.25) is 0 Å². The Bertz CT molecular complexity index is 1230. The van der Waals surface area contributed by atoms with Gasteiger partial charge in [-0.15, -0.1) is 5.10 Å². The van der Waals surface area contributed by atoms with Crippen LogP contribution in [0.15, 0.2) is 78.9 Å². The normalized spacial score (nSPS) is 14.2. The summed E-state index contributed by atoms with van der Waals surface area (Å²) in [4.78, 5) is 17.2. The largest absolute Gasteiger partial charge is 0.497 e. The molecule has 0 N–H and O–H groups in total. The molecule has 5 rings (SSSR count). The highest BCUT2D eigenvalue weighted by Crippen LogP contribution is 2.21. The molecule has 0 aliphatic carbocycles. The first-order valence-electron chi connectivity index (χ1n) is 11.3. The lowest BCUT2D eigenvalue weighted by Gasteiger charge is -2.34. The third-order valence-electron chi connectivity index (χ3n) is 6.11. The lowest BCUT2D eigenvalue weighted by molar-refractivity contribution is 0.0624. The van der Waals surface area contributed by atoms with Crippen molar-refractivity contribution < 1.29 is 9.53 Å². The maximum Gasteiger partial charge on any atom is 0.253 e. The standard InChI is InChI=1S/C26H26N6O2/c1-34-24-13-11-23(12-14-24)32-25(27-28-29-32)19-30-15-17-31(18-16-30)26(33)22-9-7-21(8-10-22)20-5-3-2-4-6-20/h2-14H,15-19H2,1H3. The van der Waals surface area contributed by atoms with Crippen LogP contribution in [0.4, 0.5) is 0 Å². The van der Waals surface area contributed by atoms with Gasteiger partial charge < -0.3 is 9.64 Å². The number of piperazine rings is 1. The van der Waals surface area contributed by atoms with Gasteiger partial charge in [-0.2, -0.15) is 4.68 Å². The molecule has 172 valence electrons. The SMILES string of the molecule is COc1ccc(-n2nnnc2CN2CCN(C(=O)c3ccc(-c4ccccc4)cc3)CC2)cc1. The Labute approximate surface area is 198 Å². The van der Waals surface area contributed by atoms with E-state index in [4.69, 9.17) is 4.74 Å². The minimum atomic E-state index is 0.0716. The van der Waals surface area contributed by atoms with Gasteiger partial charge in [0.1, 0.15) is 5.75 Å². The maximum atomic E-state index is 13.0. The van der Waals surface area contributed by atoms with Gasteiger partial charge in [0.15, 0.2) is 5.82 Å². The number of methoxy groups -OCH3 is 1. The van der Waals surface area contributed by atoms with Crippen LogP contribution < -0.4 is 4.74 Å². The quantitative estimate of drug-likeness (QED) is 0.445. The monoisotopic (exact) mass is 454 g/mol. The van der Waals surface area contributed by atoms with Gasteiger partial charge in [-0.05, 0) is 58.0 Å². The molecule has 2 heterocycles. The molecule has 1 aliphatic rings. The van der Waals surface area contributed by atoms with Gasteiger partial charge in [-0.3, -0.25) is 9.69 Å². The fourth-order valence-corrected chi connectivity index (χ4v) is 4.16. The number of carbonyl (C=O) groups excluding carboxylic acids is 1. The summed E-state index contributed by atoms with van der Waals surface area (Å²) in [7, 11) is 1.64. The molecular formula is C26H26N6O2. The minimum absolute atomic E-state index is 0.0716.